The Morgan fingerprint density at radius 1 is 1.41 bits per heavy atom. The molecule has 94 valence electrons. The van der Waals surface area contributed by atoms with Crippen LogP contribution in [0.4, 0.5) is 4.39 Å². The predicted octanol–water partition coefficient (Wildman–Crippen LogP) is 2.98. The van der Waals surface area contributed by atoms with Crippen molar-refractivity contribution in [2.24, 2.45) is 0 Å². The Morgan fingerprint density at radius 3 is 2.41 bits per heavy atom. The lowest BCUT2D eigenvalue weighted by atomic mass is 9.85. The van der Waals surface area contributed by atoms with Gasteiger partial charge in [-0.15, -0.1) is 0 Å². The minimum absolute atomic E-state index is 0.122. The monoisotopic (exact) mass is 240 g/mol. The number of ether oxygens (including phenoxy) is 1. The normalized spacial score (nSPS) is 11.6. The molecule has 0 heterocycles. The number of rotatable bonds is 4. The fourth-order valence-electron chi connectivity index (χ4n) is 1.36. The second-order valence-corrected chi connectivity index (χ2v) is 4.74. The molecule has 4 heteroatoms. The van der Waals surface area contributed by atoms with Crippen molar-refractivity contribution in [1.82, 2.24) is 0 Å². The van der Waals surface area contributed by atoms with E-state index in [-0.39, 0.29) is 11.9 Å². The third-order valence-electron chi connectivity index (χ3n) is 2.55. The summed E-state index contributed by atoms with van der Waals surface area (Å²) in [7, 11) is 0. The summed E-state index contributed by atoms with van der Waals surface area (Å²) >= 11 is 0. The number of benzene rings is 1. The lowest BCUT2D eigenvalue weighted by Gasteiger charge is -2.20. The molecule has 0 unspecified atom stereocenters. The Hall–Kier alpha value is -1.58. The quantitative estimate of drug-likeness (QED) is 0.880. The van der Waals surface area contributed by atoms with Crippen LogP contribution in [0.2, 0.25) is 0 Å². The largest absolute Gasteiger partial charge is 0.488 e. The highest BCUT2D eigenvalue weighted by Crippen LogP contribution is 2.28. The van der Waals surface area contributed by atoms with E-state index in [1.54, 1.807) is 19.9 Å². The van der Waals surface area contributed by atoms with Crippen molar-refractivity contribution in [3.63, 3.8) is 0 Å². The minimum atomic E-state index is -1.11. The van der Waals surface area contributed by atoms with Crippen LogP contribution in [0.5, 0.6) is 5.75 Å². The van der Waals surface area contributed by atoms with Gasteiger partial charge in [-0.3, -0.25) is 4.79 Å². The van der Waals surface area contributed by atoms with Crippen molar-refractivity contribution >= 4 is 5.97 Å². The van der Waals surface area contributed by atoms with E-state index >= 15 is 0 Å². The van der Waals surface area contributed by atoms with Crippen molar-refractivity contribution in [1.29, 1.82) is 0 Å². The van der Waals surface area contributed by atoms with Gasteiger partial charge in [0.2, 0.25) is 0 Å². The van der Waals surface area contributed by atoms with Crippen LogP contribution in [0.3, 0.4) is 0 Å². The molecule has 0 atom stereocenters. The molecule has 17 heavy (non-hydrogen) atoms. The topological polar surface area (TPSA) is 46.5 Å². The van der Waals surface area contributed by atoms with Crippen LogP contribution in [0.1, 0.15) is 33.3 Å². The molecular weight excluding hydrogens is 223 g/mol. The molecule has 0 amide bonds. The first-order valence-electron chi connectivity index (χ1n) is 5.45. The number of carbonyl (C=O) groups is 1. The van der Waals surface area contributed by atoms with Gasteiger partial charge in [0, 0.05) is 0 Å². The molecule has 0 saturated carbocycles. The van der Waals surface area contributed by atoms with E-state index in [0.717, 1.165) is 0 Å². The molecule has 1 aromatic rings. The van der Waals surface area contributed by atoms with Gasteiger partial charge in [-0.05, 0) is 45.4 Å². The lowest BCUT2D eigenvalue weighted by molar-refractivity contribution is -0.142. The molecule has 1 aromatic carbocycles. The summed E-state index contributed by atoms with van der Waals surface area (Å²) < 4.78 is 18.9. The number of hydrogen-bond donors (Lipinski definition) is 1. The third kappa shape index (κ3) is 2.96. The summed E-state index contributed by atoms with van der Waals surface area (Å²) in [5, 5.41) is 9.05. The molecule has 0 spiro atoms. The van der Waals surface area contributed by atoms with Crippen LogP contribution in [0, 0.1) is 5.82 Å². The van der Waals surface area contributed by atoms with Gasteiger partial charge in [0.05, 0.1) is 11.5 Å². The summed E-state index contributed by atoms with van der Waals surface area (Å²) in [6, 6.07) is 4.26. The predicted molar refractivity (Wildman–Crippen MR) is 62.8 cm³/mol. The lowest BCUT2D eigenvalue weighted by Crippen LogP contribution is -2.28. The van der Waals surface area contributed by atoms with E-state index in [1.807, 2.05) is 0 Å². The summed E-state index contributed by atoms with van der Waals surface area (Å²) in [6.07, 6.45) is -0.122. The van der Waals surface area contributed by atoms with Gasteiger partial charge < -0.3 is 9.84 Å². The van der Waals surface area contributed by atoms with Gasteiger partial charge >= 0.3 is 5.97 Å². The molecule has 0 aromatic heterocycles. The Kier molecular flexibility index (Phi) is 3.76. The SMILES string of the molecule is CC(C)Oc1ccc(C(C)(C)C(=O)O)cc1F. The highest BCUT2D eigenvalue weighted by molar-refractivity contribution is 5.80. The van der Waals surface area contributed by atoms with Gasteiger partial charge in [-0.1, -0.05) is 6.07 Å². The highest BCUT2D eigenvalue weighted by atomic mass is 19.1. The van der Waals surface area contributed by atoms with Crippen LogP contribution in [0.15, 0.2) is 18.2 Å². The summed E-state index contributed by atoms with van der Waals surface area (Å²) in [6.45, 7) is 6.67. The van der Waals surface area contributed by atoms with Crippen LogP contribution < -0.4 is 4.74 Å². The molecule has 0 radical (unpaired) electrons. The van der Waals surface area contributed by atoms with E-state index in [0.29, 0.717) is 5.56 Å². The van der Waals surface area contributed by atoms with E-state index in [4.69, 9.17) is 9.84 Å². The van der Waals surface area contributed by atoms with E-state index in [1.165, 1.54) is 26.0 Å². The van der Waals surface area contributed by atoms with Gasteiger partial charge in [0.1, 0.15) is 0 Å². The Morgan fingerprint density at radius 2 is 2.00 bits per heavy atom. The molecule has 1 rings (SSSR count). The van der Waals surface area contributed by atoms with Gasteiger partial charge in [0.25, 0.3) is 0 Å². The third-order valence-corrected chi connectivity index (χ3v) is 2.55. The molecule has 0 aliphatic heterocycles. The molecule has 1 N–H and O–H groups in total. The van der Waals surface area contributed by atoms with Crippen LogP contribution >= 0.6 is 0 Å². The zero-order valence-corrected chi connectivity index (χ0v) is 10.5. The van der Waals surface area contributed by atoms with E-state index in [2.05, 4.69) is 0 Å². The first-order valence-corrected chi connectivity index (χ1v) is 5.45. The maximum atomic E-state index is 13.7. The number of carboxylic acids is 1. The van der Waals surface area contributed by atoms with Crippen molar-refractivity contribution in [2.75, 3.05) is 0 Å². The Balaban J connectivity index is 3.08. The Bertz CT molecular complexity index is 425. The van der Waals surface area contributed by atoms with Crippen molar-refractivity contribution < 1.29 is 19.0 Å². The molecule has 0 fully saturated rings. The maximum Gasteiger partial charge on any atom is 0.313 e. The maximum absolute atomic E-state index is 13.7. The zero-order chi connectivity index (χ0) is 13.2. The Labute approximate surface area is 100 Å². The molecule has 0 aliphatic carbocycles. The van der Waals surface area contributed by atoms with Crippen molar-refractivity contribution in [3.05, 3.63) is 29.6 Å². The summed E-state index contributed by atoms with van der Waals surface area (Å²) in [5.41, 5.74) is -0.699. The number of carboxylic acid groups (broad SMARTS) is 1. The molecule has 0 aliphatic rings. The summed E-state index contributed by atoms with van der Waals surface area (Å²) in [5.74, 6) is -1.38. The van der Waals surface area contributed by atoms with Crippen LogP contribution in [0.25, 0.3) is 0 Å². The zero-order valence-electron chi connectivity index (χ0n) is 10.5. The van der Waals surface area contributed by atoms with Crippen molar-refractivity contribution in [3.8, 4) is 5.75 Å². The average molecular weight is 240 g/mol. The summed E-state index contributed by atoms with van der Waals surface area (Å²) in [4.78, 5) is 11.0. The van der Waals surface area contributed by atoms with Gasteiger partial charge in [0.15, 0.2) is 11.6 Å². The molecule has 0 saturated heterocycles. The molecule has 3 nitrogen and oxygen atoms in total. The average Bonchev–Trinajstić information content (AvgIpc) is 2.20. The number of hydrogen-bond acceptors (Lipinski definition) is 2. The van der Waals surface area contributed by atoms with Gasteiger partial charge in [-0.2, -0.15) is 0 Å². The smallest absolute Gasteiger partial charge is 0.313 e. The standard InChI is InChI=1S/C13H17FO3/c1-8(2)17-11-6-5-9(7-10(11)14)13(3,4)12(15)16/h5-8H,1-4H3,(H,15,16). The molecular formula is C13H17FO3. The second kappa shape index (κ2) is 4.73. The van der Waals surface area contributed by atoms with Crippen LogP contribution in [-0.2, 0) is 10.2 Å². The minimum Gasteiger partial charge on any atom is -0.488 e. The first-order chi connectivity index (χ1) is 7.75. The number of aliphatic carboxylic acids is 1. The number of halogens is 1. The fraction of sp³-hybridized carbons (Fsp3) is 0.462. The van der Waals surface area contributed by atoms with Crippen molar-refractivity contribution in [2.45, 2.75) is 39.2 Å². The highest BCUT2D eigenvalue weighted by Gasteiger charge is 2.30. The fourth-order valence-corrected chi connectivity index (χ4v) is 1.36. The van der Waals surface area contributed by atoms with Gasteiger partial charge in [-0.25, -0.2) is 4.39 Å². The van der Waals surface area contributed by atoms with E-state index < -0.39 is 17.2 Å². The molecule has 0 bridgehead atoms. The van der Waals surface area contributed by atoms with E-state index in [9.17, 15) is 9.18 Å². The van der Waals surface area contributed by atoms with Crippen LogP contribution in [-0.4, -0.2) is 17.2 Å². The second-order valence-electron chi connectivity index (χ2n) is 4.74. The first kappa shape index (κ1) is 13.5.